The van der Waals surface area contributed by atoms with E-state index in [1.54, 1.807) is 6.08 Å². The number of hydrogen-bond acceptors (Lipinski definition) is 3. The monoisotopic (exact) mass is 250 g/mol. The van der Waals surface area contributed by atoms with Crippen LogP contribution in [0.1, 0.15) is 47.0 Å². The Balaban J connectivity index is 2.16. The summed E-state index contributed by atoms with van der Waals surface area (Å²) in [6.07, 6.45) is 3.38. The van der Waals surface area contributed by atoms with E-state index in [0.717, 1.165) is 12.0 Å². The van der Waals surface area contributed by atoms with Crippen molar-refractivity contribution in [3.05, 3.63) is 11.6 Å². The largest absolute Gasteiger partial charge is 0.393 e. The Morgan fingerprint density at radius 2 is 2.00 bits per heavy atom. The van der Waals surface area contributed by atoms with Crippen molar-refractivity contribution in [3.63, 3.8) is 0 Å². The van der Waals surface area contributed by atoms with E-state index in [9.17, 15) is 9.90 Å². The van der Waals surface area contributed by atoms with Gasteiger partial charge >= 0.3 is 0 Å². The molecule has 1 saturated carbocycles. The molecule has 0 radical (unpaired) electrons. The number of aliphatic hydroxyl groups excluding tert-OH is 1. The van der Waals surface area contributed by atoms with E-state index in [2.05, 4.69) is 20.8 Å². The first-order chi connectivity index (χ1) is 8.20. The van der Waals surface area contributed by atoms with Gasteiger partial charge in [0.15, 0.2) is 5.78 Å². The lowest BCUT2D eigenvalue weighted by atomic mass is 9.55. The Labute approximate surface area is 108 Å². The molecule has 2 bridgehead atoms. The Kier molecular flexibility index (Phi) is 2.24. The molecule has 2 aliphatic carbocycles. The molecule has 3 nitrogen and oxygen atoms in total. The third kappa shape index (κ3) is 1.29. The first-order valence-electron chi connectivity index (χ1n) is 6.80. The van der Waals surface area contributed by atoms with Crippen LogP contribution >= 0.6 is 0 Å². The van der Waals surface area contributed by atoms with Crippen LogP contribution in [0.5, 0.6) is 0 Å². The van der Waals surface area contributed by atoms with Crippen LogP contribution in [-0.2, 0) is 9.53 Å². The summed E-state index contributed by atoms with van der Waals surface area (Å²) in [5.74, 6) is 0.335. The summed E-state index contributed by atoms with van der Waals surface area (Å²) >= 11 is 0. The van der Waals surface area contributed by atoms with Crippen LogP contribution in [0.3, 0.4) is 0 Å². The van der Waals surface area contributed by atoms with Crippen LogP contribution in [-0.4, -0.2) is 28.2 Å². The zero-order valence-electron chi connectivity index (χ0n) is 11.6. The van der Waals surface area contributed by atoms with Gasteiger partial charge in [0.25, 0.3) is 0 Å². The number of allylic oxidation sites excluding steroid dienone is 1. The number of carbonyl (C=O) groups is 1. The second-order valence-corrected chi connectivity index (χ2v) is 7.15. The number of ether oxygens (including phenoxy) is 1. The van der Waals surface area contributed by atoms with Gasteiger partial charge < -0.3 is 9.84 Å². The third-order valence-corrected chi connectivity index (χ3v) is 5.52. The maximum absolute atomic E-state index is 11.9. The van der Waals surface area contributed by atoms with E-state index in [1.165, 1.54) is 0 Å². The summed E-state index contributed by atoms with van der Waals surface area (Å²) < 4.78 is 6.42. The van der Waals surface area contributed by atoms with Crippen LogP contribution < -0.4 is 0 Å². The Morgan fingerprint density at radius 1 is 1.33 bits per heavy atom. The quantitative estimate of drug-likeness (QED) is 0.717. The van der Waals surface area contributed by atoms with Crippen LogP contribution in [0.2, 0.25) is 0 Å². The molecule has 1 spiro atoms. The lowest BCUT2D eigenvalue weighted by Crippen LogP contribution is -2.55. The lowest BCUT2D eigenvalue weighted by Gasteiger charge is -2.52. The molecule has 0 aromatic carbocycles. The summed E-state index contributed by atoms with van der Waals surface area (Å²) in [7, 11) is 0. The summed E-state index contributed by atoms with van der Waals surface area (Å²) in [4.78, 5) is 11.9. The van der Waals surface area contributed by atoms with Crippen molar-refractivity contribution in [2.24, 2.45) is 11.3 Å². The van der Waals surface area contributed by atoms with E-state index in [0.29, 0.717) is 12.8 Å². The normalized spacial score (nSPS) is 49.8. The molecule has 3 rings (SSSR count). The number of aliphatic hydroxyl groups is 1. The standard InChI is InChI=1S/C15H22O3/c1-9-5-10(16)6-14(4)8-12(17)11-7-15(9,14)18-13(11,2)3/h5,11-12,17H,6-8H2,1-4H3/t11-,12-,14-,15-/m1/s1. The van der Waals surface area contributed by atoms with Crippen molar-refractivity contribution in [3.8, 4) is 0 Å². The second-order valence-electron chi connectivity index (χ2n) is 7.15. The maximum atomic E-state index is 11.9. The zero-order chi connectivity index (χ0) is 13.3. The van der Waals surface area contributed by atoms with E-state index in [-0.39, 0.29) is 34.4 Å². The van der Waals surface area contributed by atoms with E-state index < -0.39 is 0 Å². The molecule has 18 heavy (non-hydrogen) atoms. The smallest absolute Gasteiger partial charge is 0.156 e. The van der Waals surface area contributed by atoms with Crippen molar-refractivity contribution in [1.29, 1.82) is 0 Å². The molecule has 100 valence electrons. The van der Waals surface area contributed by atoms with Crippen LogP contribution in [0, 0.1) is 11.3 Å². The molecular formula is C15H22O3. The molecule has 0 aromatic heterocycles. The Bertz CT molecular complexity index is 451. The number of carbonyl (C=O) groups excluding carboxylic acids is 1. The van der Waals surface area contributed by atoms with E-state index >= 15 is 0 Å². The highest BCUT2D eigenvalue weighted by Crippen LogP contribution is 2.63. The van der Waals surface area contributed by atoms with Gasteiger partial charge in [0.05, 0.1) is 17.3 Å². The lowest BCUT2D eigenvalue weighted by molar-refractivity contribution is -0.145. The molecular weight excluding hydrogens is 228 g/mol. The average molecular weight is 250 g/mol. The fourth-order valence-electron chi connectivity index (χ4n) is 4.59. The Hall–Kier alpha value is -0.670. The van der Waals surface area contributed by atoms with Gasteiger partial charge in [-0.2, -0.15) is 0 Å². The number of hydrogen-bond donors (Lipinski definition) is 1. The number of ketones is 1. The minimum absolute atomic E-state index is 0.166. The average Bonchev–Trinajstić information content (AvgIpc) is 2.45. The molecule has 2 fully saturated rings. The van der Waals surface area contributed by atoms with Gasteiger partial charge in [-0.1, -0.05) is 6.92 Å². The molecule has 0 unspecified atom stereocenters. The van der Waals surface area contributed by atoms with E-state index in [1.807, 2.05) is 6.92 Å². The fraction of sp³-hybridized carbons (Fsp3) is 0.800. The number of fused-ring (bicyclic) bond motifs is 1. The minimum Gasteiger partial charge on any atom is -0.393 e. The molecule has 1 saturated heterocycles. The Morgan fingerprint density at radius 3 is 2.67 bits per heavy atom. The molecule has 0 aromatic rings. The summed E-state index contributed by atoms with van der Waals surface area (Å²) in [6.45, 7) is 8.23. The number of rotatable bonds is 0. The highest BCUT2D eigenvalue weighted by molar-refractivity contribution is 5.92. The predicted molar refractivity (Wildman–Crippen MR) is 68.1 cm³/mol. The molecule has 1 aliphatic heterocycles. The predicted octanol–water partition coefficient (Wildman–Crippen LogP) is 2.23. The molecule has 1 heterocycles. The van der Waals surface area contributed by atoms with Gasteiger partial charge in [-0.15, -0.1) is 0 Å². The highest BCUT2D eigenvalue weighted by Gasteiger charge is 2.67. The van der Waals surface area contributed by atoms with Gasteiger partial charge in [-0.3, -0.25) is 4.79 Å². The summed E-state index contributed by atoms with van der Waals surface area (Å²) in [5.41, 5.74) is 0.136. The van der Waals surface area contributed by atoms with Crippen LogP contribution in [0.4, 0.5) is 0 Å². The maximum Gasteiger partial charge on any atom is 0.156 e. The van der Waals surface area contributed by atoms with Gasteiger partial charge in [0.1, 0.15) is 0 Å². The topological polar surface area (TPSA) is 46.5 Å². The van der Waals surface area contributed by atoms with Gasteiger partial charge in [-0.25, -0.2) is 0 Å². The van der Waals surface area contributed by atoms with Gasteiger partial charge in [0, 0.05) is 17.8 Å². The van der Waals surface area contributed by atoms with Crippen molar-refractivity contribution >= 4 is 5.78 Å². The van der Waals surface area contributed by atoms with Crippen LogP contribution in [0.15, 0.2) is 11.6 Å². The fourth-order valence-corrected chi connectivity index (χ4v) is 4.59. The molecule has 3 heteroatoms. The molecule has 1 N–H and O–H groups in total. The highest BCUT2D eigenvalue weighted by atomic mass is 16.5. The van der Waals surface area contributed by atoms with Crippen molar-refractivity contribution < 1.29 is 14.6 Å². The summed E-state index contributed by atoms with van der Waals surface area (Å²) in [5, 5.41) is 10.4. The van der Waals surface area contributed by atoms with Crippen molar-refractivity contribution in [2.75, 3.05) is 0 Å². The van der Waals surface area contributed by atoms with Crippen molar-refractivity contribution in [1.82, 2.24) is 0 Å². The van der Waals surface area contributed by atoms with Gasteiger partial charge in [-0.05, 0) is 45.3 Å². The zero-order valence-corrected chi connectivity index (χ0v) is 11.6. The first kappa shape index (κ1) is 12.4. The van der Waals surface area contributed by atoms with E-state index in [4.69, 9.17) is 4.74 Å². The van der Waals surface area contributed by atoms with Gasteiger partial charge in [0.2, 0.25) is 0 Å². The molecule has 4 atom stereocenters. The molecule has 0 amide bonds. The minimum atomic E-state index is -0.362. The van der Waals surface area contributed by atoms with Crippen LogP contribution in [0.25, 0.3) is 0 Å². The second kappa shape index (κ2) is 3.26. The SMILES string of the molecule is CC1=CC(=O)C[C@]2(C)C[C@@H](O)[C@H]3C[C@@]12OC3(C)C. The first-order valence-corrected chi connectivity index (χ1v) is 6.80. The third-order valence-electron chi connectivity index (χ3n) is 5.52. The summed E-state index contributed by atoms with van der Waals surface area (Å²) in [6, 6.07) is 0. The molecule has 3 aliphatic rings. The van der Waals surface area contributed by atoms with Crippen molar-refractivity contribution in [2.45, 2.75) is 64.3 Å².